The number of ether oxygens (including phenoxy) is 2. The maximum Gasteiger partial charge on any atom is 0.280 e. The van der Waals surface area contributed by atoms with Gasteiger partial charge in [-0.2, -0.15) is 4.98 Å². The summed E-state index contributed by atoms with van der Waals surface area (Å²) in [5.41, 5.74) is 3.35. The van der Waals surface area contributed by atoms with E-state index in [1.807, 2.05) is 66.4 Å². The highest BCUT2D eigenvalue weighted by molar-refractivity contribution is 7.98. The van der Waals surface area contributed by atoms with Crippen LogP contribution in [0.15, 0.2) is 57.9 Å². The first-order valence-corrected chi connectivity index (χ1v) is 11.2. The van der Waals surface area contributed by atoms with Gasteiger partial charge in [0.15, 0.2) is 5.69 Å². The van der Waals surface area contributed by atoms with Crippen LogP contribution < -0.4 is 4.74 Å². The van der Waals surface area contributed by atoms with Crippen molar-refractivity contribution in [3.63, 3.8) is 0 Å². The highest BCUT2D eigenvalue weighted by Gasteiger charge is 2.28. The van der Waals surface area contributed by atoms with Crippen molar-refractivity contribution in [1.29, 1.82) is 0 Å². The molecule has 2 aromatic carbocycles. The fraction of sp³-hybridized carbons (Fsp3) is 0.273. The molecule has 158 valence electrons. The molecular formula is C22H21N5O3S. The van der Waals surface area contributed by atoms with Crippen molar-refractivity contribution in [1.82, 2.24) is 25.1 Å². The Hall–Kier alpha value is -3.17. The molecule has 31 heavy (non-hydrogen) atoms. The number of nitrogens with zero attached hydrogens (tertiary/aromatic N) is 5. The zero-order valence-electron chi connectivity index (χ0n) is 17.2. The average molecular weight is 436 g/mol. The third kappa shape index (κ3) is 3.94. The zero-order chi connectivity index (χ0) is 21.2. The van der Waals surface area contributed by atoms with Crippen molar-refractivity contribution in [2.45, 2.75) is 31.1 Å². The Labute approximate surface area is 183 Å². The lowest BCUT2D eigenvalue weighted by Gasteiger charge is -2.24. The second kappa shape index (κ2) is 8.52. The van der Waals surface area contributed by atoms with Gasteiger partial charge in [-0.05, 0) is 55.1 Å². The molecule has 0 bridgehead atoms. The Morgan fingerprint density at radius 1 is 1.13 bits per heavy atom. The smallest absolute Gasteiger partial charge is 0.280 e. The molecule has 5 rings (SSSR count). The molecule has 0 spiro atoms. The summed E-state index contributed by atoms with van der Waals surface area (Å²) in [6.07, 6.45) is 1.93. The second-order valence-corrected chi connectivity index (χ2v) is 7.90. The summed E-state index contributed by atoms with van der Waals surface area (Å²) in [5.74, 6) is 1.71. The van der Waals surface area contributed by atoms with Gasteiger partial charge in [0.25, 0.3) is 5.89 Å². The van der Waals surface area contributed by atoms with Crippen LogP contribution in [0.5, 0.6) is 5.75 Å². The van der Waals surface area contributed by atoms with Crippen molar-refractivity contribution in [3.05, 3.63) is 59.8 Å². The molecule has 1 aliphatic heterocycles. The minimum Gasteiger partial charge on any atom is -0.494 e. The van der Waals surface area contributed by atoms with Crippen molar-refractivity contribution in [2.24, 2.45) is 0 Å². The van der Waals surface area contributed by atoms with E-state index in [1.54, 1.807) is 11.8 Å². The molecule has 4 aromatic rings. The quantitative estimate of drug-likeness (QED) is 0.412. The van der Waals surface area contributed by atoms with E-state index in [4.69, 9.17) is 14.0 Å². The number of hydrogen-bond acceptors (Lipinski definition) is 8. The molecule has 0 saturated carbocycles. The fourth-order valence-corrected chi connectivity index (χ4v) is 3.91. The van der Waals surface area contributed by atoms with E-state index in [0.29, 0.717) is 37.2 Å². The highest BCUT2D eigenvalue weighted by Crippen LogP contribution is 2.31. The maximum absolute atomic E-state index is 6.09. The van der Waals surface area contributed by atoms with Crippen LogP contribution in [0, 0.1) is 0 Å². The summed E-state index contributed by atoms with van der Waals surface area (Å²) in [4.78, 5) is 5.70. The molecule has 2 aromatic heterocycles. The Kier molecular flexibility index (Phi) is 5.44. The molecule has 8 nitrogen and oxygen atoms in total. The van der Waals surface area contributed by atoms with Gasteiger partial charge in [-0.15, -0.1) is 16.9 Å². The average Bonchev–Trinajstić information content (AvgIpc) is 3.46. The second-order valence-electron chi connectivity index (χ2n) is 7.02. The molecule has 9 heteroatoms. The largest absolute Gasteiger partial charge is 0.494 e. The molecule has 0 radical (unpaired) electrons. The van der Waals surface area contributed by atoms with Gasteiger partial charge < -0.3 is 14.0 Å². The fourth-order valence-electron chi connectivity index (χ4n) is 3.50. The molecule has 0 amide bonds. The minimum atomic E-state index is -0.106. The number of hydrogen-bond donors (Lipinski definition) is 0. The molecule has 1 atom stereocenters. The summed E-state index contributed by atoms with van der Waals surface area (Å²) in [6, 6.07) is 16.0. The monoisotopic (exact) mass is 435 g/mol. The highest BCUT2D eigenvalue weighted by atomic mass is 32.2. The number of benzene rings is 2. The van der Waals surface area contributed by atoms with Crippen LogP contribution in [-0.2, 0) is 17.9 Å². The van der Waals surface area contributed by atoms with Crippen LogP contribution in [0.1, 0.15) is 24.3 Å². The number of aromatic nitrogens is 5. The first kappa shape index (κ1) is 19.8. The molecule has 0 saturated heterocycles. The van der Waals surface area contributed by atoms with Gasteiger partial charge in [0, 0.05) is 10.5 Å². The third-order valence-electron chi connectivity index (χ3n) is 5.14. The van der Waals surface area contributed by atoms with E-state index < -0.39 is 0 Å². The minimum absolute atomic E-state index is 0.106. The van der Waals surface area contributed by atoms with Crippen LogP contribution in [0.4, 0.5) is 0 Å². The summed E-state index contributed by atoms with van der Waals surface area (Å²) in [6.45, 7) is 3.54. The van der Waals surface area contributed by atoms with Gasteiger partial charge in [0.05, 0.1) is 25.5 Å². The molecule has 0 fully saturated rings. The lowest BCUT2D eigenvalue weighted by atomic mass is 10.1. The van der Waals surface area contributed by atoms with Gasteiger partial charge in [-0.25, -0.2) is 4.68 Å². The van der Waals surface area contributed by atoms with Gasteiger partial charge in [0.2, 0.25) is 5.82 Å². The lowest BCUT2D eigenvalue weighted by molar-refractivity contribution is -0.00119. The Morgan fingerprint density at radius 3 is 2.68 bits per heavy atom. The number of fused-ring (bicyclic) bond motifs is 1. The third-order valence-corrected chi connectivity index (χ3v) is 5.88. The Balaban J connectivity index is 1.34. The van der Waals surface area contributed by atoms with Gasteiger partial charge in [-0.1, -0.05) is 22.5 Å². The standard InChI is InChI=1S/C22H21N5O3S/c1-3-28-16-8-4-14(5-9-16)19-12-27-18(13-29-19)20(24-26-27)22-23-21(25-30-22)15-6-10-17(31-2)11-7-15/h4-11,19H,3,12-13H2,1-2H3. The number of rotatable bonds is 6. The van der Waals surface area contributed by atoms with E-state index in [9.17, 15) is 0 Å². The van der Waals surface area contributed by atoms with Gasteiger partial charge in [0.1, 0.15) is 11.9 Å². The summed E-state index contributed by atoms with van der Waals surface area (Å²) >= 11 is 1.69. The first-order chi connectivity index (χ1) is 15.2. The van der Waals surface area contributed by atoms with Gasteiger partial charge >= 0.3 is 0 Å². The SMILES string of the molecule is CCOc1ccc(C2Cn3nnc(-c4nc(-c5ccc(SC)cc5)no4)c3CO2)cc1. The predicted octanol–water partition coefficient (Wildman–Crippen LogP) is 4.39. The topological polar surface area (TPSA) is 88.1 Å². The normalized spacial score (nSPS) is 15.6. The molecule has 1 unspecified atom stereocenters. The van der Waals surface area contributed by atoms with Crippen LogP contribution in [-0.4, -0.2) is 38.0 Å². The molecular weight excluding hydrogens is 414 g/mol. The Morgan fingerprint density at radius 2 is 1.94 bits per heavy atom. The van der Waals surface area contributed by atoms with E-state index in [1.165, 1.54) is 4.90 Å². The predicted molar refractivity (Wildman–Crippen MR) is 116 cm³/mol. The van der Waals surface area contributed by atoms with E-state index >= 15 is 0 Å². The van der Waals surface area contributed by atoms with Gasteiger partial charge in [-0.3, -0.25) is 0 Å². The van der Waals surface area contributed by atoms with E-state index in [-0.39, 0.29) is 6.10 Å². The van der Waals surface area contributed by atoms with E-state index in [2.05, 4.69) is 20.5 Å². The number of thioether (sulfide) groups is 1. The molecule has 3 heterocycles. The van der Waals surface area contributed by atoms with Crippen LogP contribution in [0.2, 0.25) is 0 Å². The maximum atomic E-state index is 6.09. The Bertz CT molecular complexity index is 1170. The van der Waals surface area contributed by atoms with Crippen molar-refractivity contribution in [3.8, 4) is 28.7 Å². The molecule has 0 aliphatic carbocycles. The summed E-state index contributed by atoms with van der Waals surface area (Å²) in [5, 5.41) is 12.7. The van der Waals surface area contributed by atoms with Crippen LogP contribution in [0.3, 0.4) is 0 Å². The molecule has 1 aliphatic rings. The first-order valence-electron chi connectivity index (χ1n) is 10.0. The van der Waals surface area contributed by atoms with Crippen LogP contribution in [0.25, 0.3) is 23.0 Å². The van der Waals surface area contributed by atoms with Crippen molar-refractivity contribution >= 4 is 11.8 Å². The van der Waals surface area contributed by atoms with E-state index in [0.717, 1.165) is 22.6 Å². The summed E-state index contributed by atoms with van der Waals surface area (Å²) in [7, 11) is 0. The van der Waals surface area contributed by atoms with Crippen molar-refractivity contribution < 1.29 is 14.0 Å². The summed E-state index contributed by atoms with van der Waals surface area (Å²) < 4.78 is 18.9. The van der Waals surface area contributed by atoms with Crippen LogP contribution >= 0.6 is 11.8 Å². The molecule has 0 N–H and O–H groups in total. The lowest BCUT2D eigenvalue weighted by Crippen LogP contribution is -2.22. The van der Waals surface area contributed by atoms with Crippen molar-refractivity contribution in [2.75, 3.05) is 12.9 Å². The zero-order valence-corrected chi connectivity index (χ0v) is 18.0.